The van der Waals surface area contributed by atoms with Gasteiger partial charge >= 0.3 is 0 Å². The first-order valence-electron chi connectivity index (χ1n) is 9.10. The molecule has 3 heterocycles. The van der Waals surface area contributed by atoms with Crippen molar-refractivity contribution in [1.82, 2.24) is 9.47 Å². The number of nitrogens with zero attached hydrogens (tertiary/aromatic N) is 2. The maximum Gasteiger partial charge on any atom is 0.255 e. The molecule has 26 heavy (non-hydrogen) atoms. The molecule has 1 saturated heterocycles. The molecule has 2 aliphatic rings. The van der Waals surface area contributed by atoms with Crippen LogP contribution in [0.1, 0.15) is 28.4 Å². The van der Waals surface area contributed by atoms with Gasteiger partial charge in [0.25, 0.3) is 11.5 Å². The Hall–Kier alpha value is -2.82. The van der Waals surface area contributed by atoms with Gasteiger partial charge in [0.05, 0.1) is 5.56 Å². The number of hydrogen-bond acceptors (Lipinski definition) is 3. The molecule has 2 unspecified atom stereocenters. The van der Waals surface area contributed by atoms with Crippen LogP contribution in [0, 0.1) is 5.92 Å². The number of likely N-dealkylation sites (tertiary alicyclic amines) is 1. The average Bonchev–Trinajstić information content (AvgIpc) is 2.67. The SMILES string of the molecule is C=CCNc1ccccc1C(=O)N1CC2CC(C1)c1cccc(=O)n1C2. The Morgan fingerprint density at radius 3 is 2.85 bits per heavy atom. The van der Waals surface area contributed by atoms with Crippen molar-refractivity contribution >= 4 is 11.6 Å². The molecule has 4 rings (SSSR count). The van der Waals surface area contributed by atoms with E-state index in [1.165, 1.54) is 0 Å². The molecule has 1 amide bonds. The summed E-state index contributed by atoms with van der Waals surface area (Å²) in [6.07, 6.45) is 2.82. The number of carbonyl (C=O) groups excluding carboxylic acids is 1. The van der Waals surface area contributed by atoms with E-state index in [2.05, 4.69) is 11.9 Å². The molecule has 1 aromatic heterocycles. The summed E-state index contributed by atoms with van der Waals surface area (Å²) < 4.78 is 1.89. The number of fused-ring (bicyclic) bond motifs is 4. The average molecular weight is 349 g/mol. The number of carbonyl (C=O) groups is 1. The van der Waals surface area contributed by atoms with Crippen molar-refractivity contribution in [3.63, 3.8) is 0 Å². The second kappa shape index (κ2) is 6.83. The number of pyridine rings is 1. The van der Waals surface area contributed by atoms with Crippen molar-refractivity contribution in [2.45, 2.75) is 18.9 Å². The smallest absolute Gasteiger partial charge is 0.255 e. The lowest BCUT2D eigenvalue weighted by Crippen LogP contribution is -2.49. The minimum atomic E-state index is 0.0543. The third-order valence-electron chi connectivity index (χ3n) is 5.36. The molecule has 1 aromatic carbocycles. The number of hydrogen-bond donors (Lipinski definition) is 1. The summed E-state index contributed by atoms with van der Waals surface area (Å²) in [7, 11) is 0. The molecule has 134 valence electrons. The van der Waals surface area contributed by atoms with Crippen molar-refractivity contribution < 1.29 is 4.79 Å². The zero-order chi connectivity index (χ0) is 18.1. The maximum absolute atomic E-state index is 13.2. The fourth-order valence-electron chi connectivity index (χ4n) is 4.24. The summed E-state index contributed by atoms with van der Waals surface area (Å²) in [5.74, 6) is 0.617. The molecular formula is C21H23N3O2. The zero-order valence-corrected chi connectivity index (χ0v) is 14.7. The lowest BCUT2D eigenvalue weighted by Gasteiger charge is -2.42. The Labute approximate surface area is 152 Å². The van der Waals surface area contributed by atoms with Gasteiger partial charge in [0.1, 0.15) is 0 Å². The molecule has 0 spiro atoms. The van der Waals surface area contributed by atoms with Gasteiger partial charge in [-0.05, 0) is 30.5 Å². The number of piperidine rings is 1. The van der Waals surface area contributed by atoms with Crippen molar-refractivity contribution in [3.8, 4) is 0 Å². The van der Waals surface area contributed by atoms with E-state index in [0.29, 0.717) is 37.7 Å². The first-order valence-corrected chi connectivity index (χ1v) is 9.10. The number of aromatic nitrogens is 1. The van der Waals surface area contributed by atoms with Gasteiger partial charge < -0.3 is 14.8 Å². The van der Waals surface area contributed by atoms with Gasteiger partial charge in [-0.25, -0.2) is 0 Å². The maximum atomic E-state index is 13.2. The monoisotopic (exact) mass is 349 g/mol. The van der Waals surface area contributed by atoms with E-state index in [9.17, 15) is 9.59 Å². The van der Waals surface area contributed by atoms with Crippen LogP contribution >= 0.6 is 0 Å². The minimum Gasteiger partial charge on any atom is -0.381 e. The molecule has 5 nitrogen and oxygen atoms in total. The fourth-order valence-corrected chi connectivity index (χ4v) is 4.24. The van der Waals surface area contributed by atoms with E-state index < -0.39 is 0 Å². The number of amides is 1. The van der Waals surface area contributed by atoms with Crippen molar-refractivity contribution in [3.05, 3.63) is 76.7 Å². The van der Waals surface area contributed by atoms with Gasteiger partial charge in [0, 0.05) is 49.5 Å². The molecule has 2 aliphatic heterocycles. The van der Waals surface area contributed by atoms with Crippen LogP contribution in [0.25, 0.3) is 0 Å². The molecule has 0 saturated carbocycles. The third-order valence-corrected chi connectivity index (χ3v) is 5.36. The largest absolute Gasteiger partial charge is 0.381 e. The second-order valence-electron chi connectivity index (χ2n) is 7.12. The van der Waals surface area contributed by atoms with Gasteiger partial charge in [0.2, 0.25) is 0 Å². The summed E-state index contributed by atoms with van der Waals surface area (Å²) in [5, 5.41) is 3.25. The molecule has 5 heteroatoms. The third kappa shape index (κ3) is 2.94. The number of nitrogens with one attached hydrogen (secondary N) is 1. The molecule has 1 N–H and O–H groups in total. The molecule has 0 radical (unpaired) electrons. The van der Waals surface area contributed by atoms with Crippen LogP contribution in [0.15, 0.2) is 59.9 Å². The highest BCUT2D eigenvalue weighted by Gasteiger charge is 2.36. The van der Waals surface area contributed by atoms with Crippen molar-refractivity contribution in [2.75, 3.05) is 25.0 Å². The highest BCUT2D eigenvalue weighted by Crippen LogP contribution is 2.35. The summed E-state index contributed by atoms with van der Waals surface area (Å²) in [4.78, 5) is 27.3. The van der Waals surface area contributed by atoms with Crippen LogP contribution < -0.4 is 10.9 Å². The summed E-state index contributed by atoms with van der Waals surface area (Å²) >= 11 is 0. The van der Waals surface area contributed by atoms with Crippen LogP contribution in [0.2, 0.25) is 0 Å². The van der Waals surface area contributed by atoms with E-state index in [1.807, 2.05) is 45.9 Å². The summed E-state index contributed by atoms with van der Waals surface area (Å²) in [6.45, 7) is 6.40. The molecule has 1 fully saturated rings. The Morgan fingerprint density at radius 2 is 2.00 bits per heavy atom. The Morgan fingerprint density at radius 1 is 1.15 bits per heavy atom. The molecular weight excluding hydrogens is 326 g/mol. The highest BCUT2D eigenvalue weighted by molar-refractivity contribution is 5.99. The molecule has 2 atom stereocenters. The number of anilines is 1. The van der Waals surface area contributed by atoms with Crippen LogP contribution in [-0.2, 0) is 6.54 Å². The fraction of sp³-hybridized carbons (Fsp3) is 0.333. The first-order chi connectivity index (χ1) is 12.7. The lowest BCUT2D eigenvalue weighted by molar-refractivity contribution is 0.0595. The quantitative estimate of drug-likeness (QED) is 0.864. The van der Waals surface area contributed by atoms with E-state index >= 15 is 0 Å². The molecule has 2 bridgehead atoms. The summed E-state index contributed by atoms with van der Waals surface area (Å²) in [6, 6.07) is 13.1. The standard InChI is InChI=1S/C21H23N3O2/c1-2-10-22-18-7-4-3-6-17(18)21(26)23-12-15-11-16(14-23)19-8-5-9-20(25)24(19)13-15/h2-9,15-16,22H,1,10-14H2. The number of para-hydroxylation sites is 1. The Balaban J connectivity index is 1.60. The summed E-state index contributed by atoms with van der Waals surface area (Å²) in [5.41, 5.74) is 2.66. The van der Waals surface area contributed by atoms with E-state index in [0.717, 1.165) is 17.8 Å². The van der Waals surface area contributed by atoms with Crippen molar-refractivity contribution in [1.29, 1.82) is 0 Å². The van der Waals surface area contributed by atoms with E-state index in [4.69, 9.17) is 0 Å². The van der Waals surface area contributed by atoms with Gasteiger partial charge in [0.15, 0.2) is 0 Å². The van der Waals surface area contributed by atoms with Crippen LogP contribution in [0.3, 0.4) is 0 Å². The molecule has 0 aliphatic carbocycles. The Kier molecular flexibility index (Phi) is 4.37. The van der Waals surface area contributed by atoms with Gasteiger partial charge in [-0.2, -0.15) is 0 Å². The topological polar surface area (TPSA) is 54.3 Å². The Bertz CT molecular complexity index is 902. The van der Waals surface area contributed by atoms with Gasteiger partial charge in [-0.15, -0.1) is 6.58 Å². The van der Waals surface area contributed by atoms with Gasteiger partial charge in [-0.3, -0.25) is 9.59 Å². The van der Waals surface area contributed by atoms with E-state index in [-0.39, 0.29) is 17.4 Å². The second-order valence-corrected chi connectivity index (χ2v) is 7.12. The predicted octanol–water partition coefficient (Wildman–Crippen LogP) is 2.71. The normalized spacial score (nSPS) is 21.0. The van der Waals surface area contributed by atoms with Crippen LogP contribution in [-0.4, -0.2) is 35.0 Å². The number of rotatable bonds is 4. The minimum absolute atomic E-state index is 0.0543. The number of benzene rings is 1. The zero-order valence-electron chi connectivity index (χ0n) is 14.7. The van der Waals surface area contributed by atoms with Crippen molar-refractivity contribution in [2.24, 2.45) is 5.92 Å². The first kappa shape index (κ1) is 16.6. The lowest BCUT2D eigenvalue weighted by atomic mass is 9.83. The highest BCUT2D eigenvalue weighted by atomic mass is 16.2. The van der Waals surface area contributed by atoms with Crippen LogP contribution in [0.5, 0.6) is 0 Å². The van der Waals surface area contributed by atoms with Crippen LogP contribution in [0.4, 0.5) is 5.69 Å². The molecule has 2 aromatic rings. The van der Waals surface area contributed by atoms with Gasteiger partial charge in [-0.1, -0.05) is 24.3 Å². The predicted molar refractivity (Wildman–Crippen MR) is 103 cm³/mol. The van der Waals surface area contributed by atoms with E-state index in [1.54, 1.807) is 12.1 Å².